The maximum atomic E-state index is 14.2. The largest absolute Gasteiger partial charge is 0.419 e. The van der Waals surface area contributed by atoms with E-state index in [0.29, 0.717) is 11.6 Å². The van der Waals surface area contributed by atoms with Gasteiger partial charge in [0.1, 0.15) is 6.17 Å². The smallest absolute Gasteiger partial charge is 0.348 e. The molecule has 1 saturated heterocycles. The van der Waals surface area contributed by atoms with Gasteiger partial charge in [0.05, 0.1) is 24.1 Å². The minimum Gasteiger partial charge on any atom is -0.348 e. The zero-order valence-electron chi connectivity index (χ0n) is 15.7. The summed E-state index contributed by atoms with van der Waals surface area (Å²) >= 11 is 0. The lowest BCUT2D eigenvalue weighted by atomic mass is 10.0. The average molecular weight is 427 g/mol. The van der Waals surface area contributed by atoms with Crippen LogP contribution in [0, 0.1) is 11.6 Å². The van der Waals surface area contributed by atoms with Gasteiger partial charge in [0.15, 0.2) is 11.6 Å². The highest BCUT2D eigenvalue weighted by Gasteiger charge is 2.37. The summed E-state index contributed by atoms with van der Waals surface area (Å²) in [6.07, 6.45) is -5.85. The van der Waals surface area contributed by atoms with Gasteiger partial charge in [-0.15, -0.1) is 0 Å². The van der Waals surface area contributed by atoms with Gasteiger partial charge in [0.2, 0.25) is 11.8 Å². The van der Waals surface area contributed by atoms with E-state index in [-0.39, 0.29) is 12.3 Å². The molecule has 1 aliphatic heterocycles. The van der Waals surface area contributed by atoms with Crippen molar-refractivity contribution in [2.75, 3.05) is 0 Å². The third kappa shape index (κ3) is 4.59. The van der Waals surface area contributed by atoms with Crippen LogP contribution in [0.2, 0.25) is 0 Å². The van der Waals surface area contributed by atoms with Crippen LogP contribution < -0.4 is 16.0 Å². The fraction of sp³-hybridized carbons (Fsp3) is 0.300. The lowest BCUT2D eigenvalue weighted by molar-refractivity contribution is -0.140. The maximum Gasteiger partial charge on any atom is 0.419 e. The second-order valence-electron chi connectivity index (χ2n) is 6.89. The molecule has 5 nitrogen and oxygen atoms in total. The Bertz CT molecular complexity index is 949. The molecule has 0 saturated carbocycles. The lowest BCUT2D eigenvalue weighted by Crippen LogP contribution is -2.56. The van der Waals surface area contributed by atoms with Crippen molar-refractivity contribution in [2.45, 2.75) is 37.8 Å². The summed E-state index contributed by atoms with van der Waals surface area (Å²) in [4.78, 5) is 24.6. The van der Waals surface area contributed by atoms with E-state index in [0.717, 1.165) is 6.07 Å². The topological polar surface area (TPSA) is 70.2 Å². The van der Waals surface area contributed by atoms with E-state index in [9.17, 15) is 31.5 Å². The average Bonchev–Trinajstić information content (AvgIpc) is 2.69. The predicted molar refractivity (Wildman–Crippen MR) is 96.8 cm³/mol. The SMILES string of the molecule is C[C@@H](NC(=O)C1CC(=O)NC(c2ccccc2)N1)c1ccc(C(F)(F)F)c(F)c1F. The highest BCUT2D eigenvalue weighted by molar-refractivity contribution is 5.89. The van der Waals surface area contributed by atoms with E-state index in [1.54, 1.807) is 30.3 Å². The molecule has 2 aromatic rings. The lowest BCUT2D eigenvalue weighted by Gasteiger charge is -2.32. The third-order valence-corrected chi connectivity index (χ3v) is 4.75. The van der Waals surface area contributed by atoms with Crippen LogP contribution in [-0.2, 0) is 15.8 Å². The van der Waals surface area contributed by atoms with E-state index in [2.05, 4.69) is 16.0 Å². The normalized spacial score (nSPS) is 20.4. The van der Waals surface area contributed by atoms with Crippen molar-refractivity contribution in [3.05, 3.63) is 70.8 Å². The second kappa shape index (κ2) is 8.39. The maximum absolute atomic E-state index is 14.2. The number of alkyl halides is 3. The van der Waals surface area contributed by atoms with Crippen molar-refractivity contribution in [3.63, 3.8) is 0 Å². The molecule has 2 unspecified atom stereocenters. The van der Waals surface area contributed by atoms with Gasteiger partial charge in [0, 0.05) is 5.56 Å². The van der Waals surface area contributed by atoms with E-state index < -0.39 is 53.1 Å². The summed E-state index contributed by atoms with van der Waals surface area (Å²) in [5.41, 5.74) is -1.44. The molecule has 160 valence electrons. The van der Waals surface area contributed by atoms with Crippen molar-refractivity contribution in [2.24, 2.45) is 0 Å². The first kappa shape index (κ1) is 21.7. The Morgan fingerprint density at radius 3 is 2.40 bits per heavy atom. The van der Waals surface area contributed by atoms with Crippen LogP contribution in [-0.4, -0.2) is 17.9 Å². The molecule has 0 bridgehead atoms. The molecular weight excluding hydrogens is 409 g/mol. The molecule has 0 aliphatic carbocycles. The number of benzene rings is 2. The number of nitrogens with one attached hydrogen (secondary N) is 3. The molecule has 2 aromatic carbocycles. The van der Waals surface area contributed by atoms with Crippen molar-refractivity contribution < 1.29 is 31.5 Å². The number of carbonyl (C=O) groups is 2. The summed E-state index contributed by atoms with van der Waals surface area (Å²) in [7, 11) is 0. The van der Waals surface area contributed by atoms with Gasteiger partial charge >= 0.3 is 6.18 Å². The number of carbonyl (C=O) groups excluding carboxylic acids is 2. The van der Waals surface area contributed by atoms with Crippen LogP contribution in [0.1, 0.15) is 42.2 Å². The Morgan fingerprint density at radius 2 is 1.77 bits per heavy atom. The number of amides is 2. The van der Waals surface area contributed by atoms with Crippen molar-refractivity contribution in [1.82, 2.24) is 16.0 Å². The van der Waals surface area contributed by atoms with E-state index in [4.69, 9.17) is 0 Å². The molecule has 3 atom stereocenters. The Morgan fingerprint density at radius 1 is 1.10 bits per heavy atom. The van der Waals surface area contributed by atoms with Crippen molar-refractivity contribution >= 4 is 11.8 Å². The molecule has 2 amide bonds. The van der Waals surface area contributed by atoms with E-state index in [1.165, 1.54) is 6.92 Å². The van der Waals surface area contributed by atoms with Crippen molar-refractivity contribution in [3.8, 4) is 0 Å². The zero-order valence-corrected chi connectivity index (χ0v) is 15.7. The quantitative estimate of drug-likeness (QED) is 0.656. The first-order valence-corrected chi connectivity index (χ1v) is 9.03. The fourth-order valence-corrected chi connectivity index (χ4v) is 3.21. The minimum atomic E-state index is -5.04. The van der Waals surface area contributed by atoms with Gasteiger partial charge in [-0.3, -0.25) is 14.9 Å². The van der Waals surface area contributed by atoms with Gasteiger partial charge in [0.25, 0.3) is 0 Å². The zero-order chi connectivity index (χ0) is 22.1. The third-order valence-electron chi connectivity index (χ3n) is 4.75. The van der Waals surface area contributed by atoms with Gasteiger partial charge in [-0.2, -0.15) is 13.2 Å². The molecule has 30 heavy (non-hydrogen) atoms. The number of rotatable bonds is 4. The molecule has 10 heteroatoms. The molecule has 1 aliphatic rings. The fourth-order valence-electron chi connectivity index (χ4n) is 3.21. The predicted octanol–water partition coefficient (Wildman–Crippen LogP) is 3.34. The Kier molecular flexibility index (Phi) is 6.06. The van der Waals surface area contributed by atoms with Crippen LogP contribution >= 0.6 is 0 Å². The molecule has 1 heterocycles. The van der Waals surface area contributed by atoms with E-state index in [1.807, 2.05) is 0 Å². The molecule has 1 fully saturated rings. The monoisotopic (exact) mass is 427 g/mol. The Balaban J connectivity index is 1.74. The Labute approximate surface area is 168 Å². The Hall–Kier alpha value is -3.01. The number of hydrogen-bond acceptors (Lipinski definition) is 3. The van der Waals surface area contributed by atoms with Gasteiger partial charge in [-0.05, 0) is 18.6 Å². The summed E-state index contributed by atoms with van der Waals surface area (Å²) in [5.74, 6) is -4.77. The van der Waals surface area contributed by atoms with Crippen molar-refractivity contribution in [1.29, 1.82) is 0 Å². The highest BCUT2D eigenvalue weighted by Crippen LogP contribution is 2.34. The van der Waals surface area contributed by atoms with Gasteiger partial charge in [-0.1, -0.05) is 36.4 Å². The van der Waals surface area contributed by atoms with Crippen LogP contribution in [0.15, 0.2) is 42.5 Å². The molecular formula is C20H18F5N3O2. The molecule has 0 spiro atoms. The van der Waals surface area contributed by atoms with Gasteiger partial charge < -0.3 is 10.6 Å². The summed E-state index contributed by atoms with van der Waals surface area (Å²) < 4.78 is 66.1. The number of hydrogen-bond donors (Lipinski definition) is 3. The number of halogens is 5. The van der Waals surface area contributed by atoms with Crippen LogP contribution in [0.25, 0.3) is 0 Å². The molecule has 3 rings (SSSR count). The molecule has 3 N–H and O–H groups in total. The molecule has 0 aromatic heterocycles. The first-order valence-electron chi connectivity index (χ1n) is 9.03. The van der Waals surface area contributed by atoms with Crippen LogP contribution in [0.3, 0.4) is 0 Å². The summed E-state index contributed by atoms with van der Waals surface area (Å²) in [5, 5.41) is 8.06. The summed E-state index contributed by atoms with van der Waals surface area (Å²) in [6.45, 7) is 1.31. The van der Waals surface area contributed by atoms with E-state index >= 15 is 0 Å². The second-order valence-corrected chi connectivity index (χ2v) is 6.89. The minimum absolute atomic E-state index is 0.189. The standard InChI is InChI=1S/C20H18F5N3O2/c1-10(12-7-8-13(20(23,24)25)17(22)16(12)21)26-19(30)14-9-15(29)28-18(27-14)11-5-3-2-4-6-11/h2-8,10,14,18,27H,9H2,1H3,(H,26,30)(H,28,29)/t10-,14?,18?/m1/s1. The van der Waals surface area contributed by atoms with Gasteiger partial charge in [-0.25, -0.2) is 8.78 Å². The van der Waals surface area contributed by atoms with Crippen LogP contribution in [0.4, 0.5) is 22.0 Å². The highest BCUT2D eigenvalue weighted by atomic mass is 19.4. The first-order chi connectivity index (χ1) is 14.1. The molecule has 0 radical (unpaired) electrons. The summed E-state index contributed by atoms with van der Waals surface area (Å²) in [6, 6.07) is 7.92. The van der Waals surface area contributed by atoms with Crippen LogP contribution in [0.5, 0.6) is 0 Å².